The van der Waals surface area contributed by atoms with Gasteiger partial charge in [0.1, 0.15) is 0 Å². The Morgan fingerprint density at radius 1 is 1.54 bits per heavy atom. The summed E-state index contributed by atoms with van der Waals surface area (Å²) in [5, 5.41) is 0. The highest BCUT2D eigenvalue weighted by atomic mass is 35.5. The van der Waals surface area contributed by atoms with Gasteiger partial charge in [0, 0.05) is 11.5 Å². The highest BCUT2D eigenvalue weighted by molar-refractivity contribution is 6.17. The third-order valence-electron chi connectivity index (χ3n) is 1.09. The Morgan fingerprint density at radius 2 is 2.00 bits per heavy atom. The van der Waals surface area contributed by atoms with Gasteiger partial charge in [0.05, 0.1) is 0 Å². The number of halogens is 1. The summed E-state index contributed by atoms with van der Waals surface area (Å²) < 4.78 is 0. The first-order valence-electron chi connectivity index (χ1n) is 4.16. The molecule has 1 nitrogen and oxygen atoms in total. The number of carbonyl (C=O) groups excluding carboxylic acids is 1. The summed E-state index contributed by atoms with van der Waals surface area (Å²) in [5.41, 5.74) is 0.651. The predicted octanol–water partition coefficient (Wildman–Crippen LogP) is 3.51. The number of rotatable bonds is 3. The lowest BCUT2D eigenvalue weighted by Crippen LogP contribution is -1.90. The molecule has 0 atom stereocenters. The van der Waals surface area contributed by atoms with E-state index >= 15 is 0 Å². The molecule has 0 N–H and O–H groups in total. The van der Waals surface area contributed by atoms with Crippen molar-refractivity contribution in [1.82, 2.24) is 0 Å². The van der Waals surface area contributed by atoms with Crippen molar-refractivity contribution in [1.29, 1.82) is 0 Å². The van der Waals surface area contributed by atoms with Crippen LogP contribution in [0.25, 0.3) is 0 Å². The Kier molecular flexibility index (Phi) is 12.6. The normalized spacial score (nSPS) is 10.6. The van der Waals surface area contributed by atoms with E-state index in [1.165, 1.54) is 6.92 Å². The third-order valence-corrected chi connectivity index (χ3v) is 1.09. The first-order valence-corrected chi connectivity index (χ1v) is 4.69. The van der Waals surface area contributed by atoms with Gasteiger partial charge in [-0.05, 0) is 13.8 Å². The van der Waals surface area contributed by atoms with E-state index in [1.807, 2.05) is 26.0 Å². The maximum Gasteiger partial charge on any atom is 0.159 e. The molecule has 0 fully saturated rings. The molecule has 0 spiro atoms. The zero-order valence-corrected chi connectivity index (χ0v) is 9.27. The molecule has 0 unspecified atom stereocenters. The minimum absolute atomic E-state index is 0.0492. The number of allylic oxidation sites excluding steroid dienone is 5. The lowest BCUT2D eigenvalue weighted by molar-refractivity contribution is -0.113. The number of alkyl halides is 1. The molecule has 0 aromatic heterocycles. The fraction of sp³-hybridized carbons (Fsp3) is 0.364. The zero-order valence-electron chi connectivity index (χ0n) is 8.51. The van der Waals surface area contributed by atoms with E-state index in [1.54, 1.807) is 12.2 Å². The molecule has 0 bridgehead atoms. The summed E-state index contributed by atoms with van der Waals surface area (Å²) in [7, 11) is 0. The van der Waals surface area contributed by atoms with Crippen LogP contribution in [-0.4, -0.2) is 11.7 Å². The van der Waals surface area contributed by atoms with Crippen LogP contribution >= 0.6 is 11.6 Å². The molecule has 74 valence electrons. The molecule has 0 saturated heterocycles. The van der Waals surface area contributed by atoms with Gasteiger partial charge in [-0.25, -0.2) is 0 Å². The Bertz CT molecular complexity index is 202. The maximum absolute atomic E-state index is 10.7. The van der Waals surface area contributed by atoms with Crippen LogP contribution in [0.3, 0.4) is 0 Å². The quantitative estimate of drug-likeness (QED) is 0.387. The van der Waals surface area contributed by atoms with Gasteiger partial charge in [0.2, 0.25) is 0 Å². The topological polar surface area (TPSA) is 17.1 Å². The van der Waals surface area contributed by atoms with Gasteiger partial charge >= 0.3 is 0 Å². The summed E-state index contributed by atoms with van der Waals surface area (Å²) in [6.07, 6.45) is 6.99. The summed E-state index contributed by atoms with van der Waals surface area (Å²) in [4.78, 5) is 10.7. The van der Waals surface area contributed by atoms with Gasteiger partial charge in [0.15, 0.2) is 5.78 Å². The van der Waals surface area contributed by atoms with E-state index in [-0.39, 0.29) is 5.78 Å². The second-order valence-corrected chi connectivity index (χ2v) is 2.71. The number of hydrogen-bond acceptors (Lipinski definition) is 1. The van der Waals surface area contributed by atoms with Crippen molar-refractivity contribution in [3.05, 3.63) is 36.5 Å². The van der Waals surface area contributed by atoms with Crippen LogP contribution in [0.2, 0.25) is 0 Å². The average Bonchev–Trinajstić information content (AvgIpc) is 2.06. The van der Waals surface area contributed by atoms with Crippen LogP contribution in [0.5, 0.6) is 0 Å². The second-order valence-electron chi connectivity index (χ2n) is 2.18. The van der Waals surface area contributed by atoms with Crippen molar-refractivity contribution in [2.45, 2.75) is 20.8 Å². The number of ketones is 1. The Labute approximate surface area is 85.8 Å². The molecule has 0 aromatic carbocycles. The summed E-state index contributed by atoms with van der Waals surface area (Å²) in [6.45, 7) is 8.83. The number of carbonyl (C=O) groups is 1. The van der Waals surface area contributed by atoms with Crippen molar-refractivity contribution in [2.75, 3.05) is 5.88 Å². The third kappa shape index (κ3) is 11.2. The average molecular weight is 201 g/mol. The molecular formula is C11H17ClO. The molecule has 0 aliphatic heterocycles. The van der Waals surface area contributed by atoms with Gasteiger partial charge in [-0.1, -0.05) is 37.8 Å². The van der Waals surface area contributed by atoms with Gasteiger partial charge in [-0.2, -0.15) is 0 Å². The van der Waals surface area contributed by atoms with Crippen molar-refractivity contribution in [2.24, 2.45) is 0 Å². The first kappa shape index (κ1) is 14.7. The van der Waals surface area contributed by atoms with Crippen LogP contribution in [-0.2, 0) is 4.79 Å². The van der Waals surface area contributed by atoms with Crippen LogP contribution in [0.1, 0.15) is 20.8 Å². The molecular weight excluding hydrogens is 184 g/mol. The zero-order chi connectivity index (χ0) is 10.7. The van der Waals surface area contributed by atoms with Gasteiger partial charge < -0.3 is 0 Å². The first-order chi connectivity index (χ1) is 6.13. The monoisotopic (exact) mass is 200 g/mol. The van der Waals surface area contributed by atoms with Gasteiger partial charge in [-0.3, -0.25) is 4.79 Å². The van der Waals surface area contributed by atoms with Crippen molar-refractivity contribution in [3.63, 3.8) is 0 Å². The van der Waals surface area contributed by atoms with E-state index < -0.39 is 0 Å². The fourth-order valence-corrected chi connectivity index (χ4v) is 0.529. The highest BCUT2D eigenvalue weighted by Gasteiger charge is 1.93. The molecule has 0 rings (SSSR count). The van der Waals surface area contributed by atoms with Crippen molar-refractivity contribution >= 4 is 17.4 Å². The fourth-order valence-electron chi connectivity index (χ4n) is 0.529. The maximum atomic E-state index is 10.7. The molecule has 13 heavy (non-hydrogen) atoms. The van der Waals surface area contributed by atoms with E-state index in [4.69, 9.17) is 11.6 Å². The number of hydrogen-bond donors (Lipinski definition) is 0. The predicted molar refractivity (Wildman–Crippen MR) is 60.2 cm³/mol. The molecule has 0 amide bonds. The van der Waals surface area contributed by atoms with E-state index in [0.717, 1.165) is 5.88 Å². The van der Waals surface area contributed by atoms with Gasteiger partial charge in [0.25, 0.3) is 0 Å². The number of Topliss-reactive ketones (excluding diaryl/α,β-unsaturated/α-hetero) is 1. The molecule has 0 aliphatic rings. The molecule has 2 heteroatoms. The molecule has 0 radical (unpaired) electrons. The SMILES string of the molecule is C=C/C(=C\C=C/C)C(C)=O.CCCl. The largest absolute Gasteiger partial charge is 0.295 e. The van der Waals surface area contributed by atoms with Crippen molar-refractivity contribution in [3.8, 4) is 0 Å². The second kappa shape index (κ2) is 11.2. The lowest BCUT2D eigenvalue weighted by Gasteiger charge is -1.89. The van der Waals surface area contributed by atoms with Crippen LogP contribution in [0, 0.1) is 0 Å². The summed E-state index contributed by atoms with van der Waals surface area (Å²) in [6, 6.07) is 0. The minimum Gasteiger partial charge on any atom is -0.295 e. The lowest BCUT2D eigenvalue weighted by atomic mass is 10.2. The highest BCUT2D eigenvalue weighted by Crippen LogP contribution is 1.96. The Hall–Kier alpha value is -0.820. The van der Waals surface area contributed by atoms with Crippen LogP contribution in [0.15, 0.2) is 36.5 Å². The Morgan fingerprint density at radius 3 is 2.23 bits per heavy atom. The van der Waals surface area contributed by atoms with E-state index in [9.17, 15) is 4.79 Å². The molecule has 0 aromatic rings. The molecule has 0 saturated carbocycles. The molecule has 0 heterocycles. The van der Waals surface area contributed by atoms with Crippen molar-refractivity contribution < 1.29 is 4.79 Å². The Balaban J connectivity index is 0. The summed E-state index contributed by atoms with van der Waals surface area (Å²) >= 11 is 5.00. The van der Waals surface area contributed by atoms with E-state index in [2.05, 4.69) is 6.58 Å². The smallest absolute Gasteiger partial charge is 0.159 e. The minimum atomic E-state index is 0.0492. The summed E-state index contributed by atoms with van der Waals surface area (Å²) in [5.74, 6) is 0.771. The van der Waals surface area contributed by atoms with Crippen LogP contribution in [0.4, 0.5) is 0 Å². The molecule has 0 aliphatic carbocycles. The van der Waals surface area contributed by atoms with Crippen LogP contribution < -0.4 is 0 Å². The van der Waals surface area contributed by atoms with Gasteiger partial charge in [-0.15, -0.1) is 11.6 Å². The standard InChI is InChI=1S/C9H12O.C2H5Cl/c1-4-6-7-9(5-2)8(3)10;1-2-3/h4-7H,2H2,1,3H3;2H2,1H3/b6-4-,9-7+;. The van der Waals surface area contributed by atoms with E-state index in [0.29, 0.717) is 5.57 Å².